The summed E-state index contributed by atoms with van der Waals surface area (Å²) in [5, 5.41) is 6.19. The lowest BCUT2D eigenvalue weighted by Gasteiger charge is -2.12. The molecule has 4 nitrogen and oxygen atoms in total. The van der Waals surface area contributed by atoms with Gasteiger partial charge < -0.3 is 15.4 Å². The molecule has 0 aliphatic heterocycles. The summed E-state index contributed by atoms with van der Waals surface area (Å²) in [6.45, 7) is 12.2. The van der Waals surface area contributed by atoms with E-state index in [4.69, 9.17) is 4.74 Å². The Bertz CT molecular complexity index is 1180. The number of carbonyl (C=O) groups is 1. The number of hydrogen-bond acceptors (Lipinski definition) is 3. The summed E-state index contributed by atoms with van der Waals surface area (Å²) in [4.78, 5) is 13.0. The van der Waals surface area contributed by atoms with Gasteiger partial charge in [-0.25, -0.2) is 0 Å². The van der Waals surface area contributed by atoms with Gasteiger partial charge in [-0.05, 0) is 81.7 Å². The number of carbonyl (C=O) groups excluding carboxylic acids is 1. The first kappa shape index (κ1) is 29.2. The van der Waals surface area contributed by atoms with Crippen LogP contribution in [0.25, 0.3) is 5.70 Å². The van der Waals surface area contributed by atoms with Crippen LogP contribution in [-0.4, -0.2) is 5.91 Å². The number of benzene rings is 2. The first-order chi connectivity index (χ1) is 18.0. The van der Waals surface area contributed by atoms with E-state index < -0.39 is 0 Å². The molecule has 0 fully saturated rings. The van der Waals surface area contributed by atoms with Crippen molar-refractivity contribution in [2.75, 3.05) is 5.32 Å². The van der Waals surface area contributed by atoms with Gasteiger partial charge in [0.05, 0.1) is 0 Å². The maximum atomic E-state index is 13.0. The lowest BCUT2D eigenvalue weighted by atomic mass is 10.1. The highest BCUT2D eigenvalue weighted by Crippen LogP contribution is 2.21. The molecule has 4 heteroatoms. The Balaban J connectivity index is 2.06. The van der Waals surface area contributed by atoms with Crippen molar-refractivity contribution in [1.29, 1.82) is 0 Å². The molecule has 0 saturated heterocycles. The van der Waals surface area contributed by atoms with Crippen LogP contribution in [0.3, 0.4) is 0 Å². The SMILES string of the molecule is C=C(N/C=C/C(=C\C=C\C)C(=O)Nc1cccc(CCC)c1)c1cccc(O/C(=C/C)CC/C=C\C)c1. The highest BCUT2D eigenvalue weighted by Gasteiger charge is 2.08. The Kier molecular flexibility index (Phi) is 13.1. The maximum Gasteiger partial charge on any atom is 0.255 e. The molecule has 2 rings (SSSR count). The van der Waals surface area contributed by atoms with Crippen molar-refractivity contribution in [1.82, 2.24) is 5.32 Å². The number of rotatable bonds is 14. The van der Waals surface area contributed by atoms with Gasteiger partial charge in [0.25, 0.3) is 5.91 Å². The van der Waals surface area contributed by atoms with Crippen LogP contribution in [-0.2, 0) is 11.2 Å². The zero-order valence-electron chi connectivity index (χ0n) is 22.6. The van der Waals surface area contributed by atoms with Gasteiger partial charge in [-0.3, -0.25) is 4.79 Å². The molecule has 0 aromatic heterocycles. The van der Waals surface area contributed by atoms with Crippen molar-refractivity contribution >= 4 is 17.3 Å². The summed E-state index contributed by atoms with van der Waals surface area (Å²) in [5.41, 5.74) is 4.13. The molecule has 0 heterocycles. The highest BCUT2D eigenvalue weighted by atomic mass is 16.5. The monoisotopic (exact) mass is 496 g/mol. The van der Waals surface area contributed by atoms with E-state index in [0.717, 1.165) is 48.4 Å². The van der Waals surface area contributed by atoms with Crippen molar-refractivity contribution < 1.29 is 9.53 Å². The molecule has 2 aromatic carbocycles. The molecule has 0 spiro atoms. The normalized spacial score (nSPS) is 12.4. The van der Waals surface area contributed by atoms with Gasteiger partial charge in [-0.15, -0.1) is 0 Å². The van der Waals surface area contributed by atoms with E-state index in [1.807, 2.05) is 87.5 Å². The first-order valence-electron chi connectivity index (χ1n) is 12.9. The van der Waals surface area contributed by atoms with Gasteiger partial charge in [0, 0.05) is 35.1 Å². The first-order valence-corrected chi connectivity index (χ1v) is 12.9. The summed E-state index contributed by atoms with van der Waals surface area (Å²) in [5.74, 6) is 1.51. The average molecular weight is 497 g/mol. The van der Waals surface area contributed by atoms with Crippen LogP contribution in [0.4, 0.5) is 5.69 Å². The molecular formula is C33H40N2O2. The summed E-state index contributed by atoms with van der Waals surface area (Å²) >= 11 is 0. The minimum absolute atomic E-state index is 0.178. The molecule has 2 aromatic rings. The van der Waals surface area contributed by atoms with Crippen LogP contribution in [0.1, 0.15) is 58.1 Å². The van der Waals surface area contributed by atoms with E-state index in [0.29, 0.717) is 11.3 Å². The smallest absolute Gasteiger partial charge is 0.255 e. The average Bonchev–Trinajstić information content (AvgIpc) is 2.90. The Morgan fingerprint density at radius 2 is 1.86 bits per heavy atom. The summed E-state index contributed by atoms with van der Waals surface area (Å²) in [6, 6.07) is 15.8. The topological polar surface area (TPSA) is 50.4 Å². The van der Waals surface area contributed by atoms with Crippen LogP contribution in [0.5, 0.6) is 5.75 Å². The van der Waals surface area contributed by atoms with Crippen molar-refractivity contribution in [3.8, 4) is 5.75 Å². The van der Waals surface area contributed by atoms with Crippen LogP contribution >= 0.6 is 0 Å². The third-order valence-electron chi connectivity index (χ3n) is 5.52. The van der Waals surface area contributed by atoms with E-state index in [1.54, 1.807) is 18.4 Å². The zero-order chi connectivity index (χ0) is 26.9. The van der Waals surface area contributed by atoms with Gasteiger partial charge in [0.2, 0.25) is 0 Å². The lowest BCUT2D eigenvalue weighted by Crippen LogP contribution is -2.14. The molecule has 0 atom stereocenters. The van der Waals surface area contributed by atoms with Crippen LogP contribution in [0.15, 0.2) is 115 Å². The zero-order valence-corrected chi connectivity index (χ0v) is 22.6. The number of aryl methyl sites for hydroxylation is 1. The molecular weight excluding hydrogens is 456 g/mol. The van der Waals surface area contributed by atoms with Crippen LogP contribution in [0.2, 0.25) is 0 Å². The van der Waals surface area contributed by atoms with Crippen molar-refractivity contribution in [3.05, 3.63) is 126 Å². The predicted molar refractivity (Wildman–Crippen MR) is 158 cm³/mol. The maximum absolute atomic E-state index is 13.0. The van der Waals surface area contributed by atoms with Gasteiger partial charge in [-0.2, -0.15) is 0 Å². The largest absolute Gasteiger partial charge is 0.462 e. The van der Waals surface area contributed by atoms with Crippen molar-refractivity contribution in [3.63, 3.8) is 0 Å². The third kappa shape index (κ3) is 10.6. The second-order valence-electron chi connectivity index (χ2n) is 8.50. The van der Waals surface area contributed by atoms with Gasteiger partial charge >= 0.3 is 0 Å². The minimum Gasteiger partial charge on any atom is -0.462 e. The lowest BCUT2D eigenvalue weighted by molar-refractivity contribution is -0.112. The Hall–Kier alpha value is -4.05. The summed E-state index contributed by atoms with van der Waals surface area (Å²) in [7, 11) is 0. The summed E-state index contributed by atoms with van der Waals surface area (Å²) in [6.07, 6.45) is 19.0. The minimum atomic E-state index is -0.178. The van der Waals surface area contributed by atoms with Gasteiger partial charge in [-0.1, -0.05) is 68.5 Å². The molecule has 194 valence electrons. The van der Waals surface area contributed by atoms with E-state index >= 15 is 0 Å². The number of amides is 1. The van der Waals surface area contributed by atoms with E-state index in [2.05, 4.69) is 36.3 Å². The van der Waals surface area contributed by atoms with Crippen LogP contribution in [0, 0.1) is 0 Å². The number of nitrogens with one attached hydrogen (secondary N) is 2. The van der Waals surface area contributed by atoms with E-state index in [-0.39, 0.29) is 5.91 Å². The molecule has 0 saturated carbocycles. The number of hydrogen-bond donors (Lipinski definition) is 2. The van der Waals surface area contributed by atoms with Crippen LogP contribution < -0.4 is 15.4 Å². The molecule has 0 aliphatic carbocycles. The van der Waals surface area contributed by atoms with Gasteiger partial charge in [0.1, 0.15) is 11.5 Å². The predicted octanol–water partition coefficient (Wildman–Crippen LogP) is 8.49. The quantitative estimate of drug-likeness (QED) is 0.119. The Morgan fingerprint density at radius 1 is 1.05 bits per heavy atom. The Morgan fingerprint density at radius 3 is 2.59 bits per heavy atom. The third-order valence-corrected chi connectivity index (χ3v) is 5.52. The molecule has 0 bridgehead atoms. The number of anilines is 1. The second-order valence-corrected chi connectivity index (χ2v) is 8.50. The summed E-state index contributed by atoms with van der Waals surface area (Å²) < 4.78 is 6.07. The number of allylic oxidation sites excluding steroid dienone is 7. The molecule has 2 N–H and O–H groups in total. The molecule has 1 amide bonds. The highest BCUT2D eigenvalue weighted by molar-refractivity contribution is 6.06. The number of ether oxygens (including phenoxy) is 1. The fourth-order valence-corrected chi connectivity index (χ4v) is 3.56. The van der Waals surface area contributed by atoms with Crippen molar-refractivity contribution in [2.45, 2.75) is 53.4 Å². The molecule has 0 unspecified atom stereocenters. The van der Waals surface area contributed by atoms with E-state index in [9.17, 15) is 4.79 Å². The Labute approximate surface area is 222 Å². The van der Waals surface area contributed by atoms with Gasteiger partial charge in [0.15, 0.2) is 0 Å². The molecule has 0 radical (unpaired) electrons. The fraction of sp³-hybridized carbons (Fsp3) is 0.242. The fourth-order valence-electron chi connectivity index (χ4n) is 3.56. The van der Waals surface area contributed by atoms with Crippen molar-refractivity contribution in [2.24, 2.45) is 0 Å². The molecule has 37 heavy (non-hydrogen) atoms. The second kappa shape index (κ2) is 16.6. The van der Waals surface area contributed by atoms with E-state index in [1.165, 1.54) is 5.56 Å². The molecule has 0 aliphatic rings. The standard InChI is InChI=1S/C33H40N2O2/c1-6-10-12-20-31(9-4)37-32-21-14-18-29(25-32)26(5)34-23-22-28(17-11-7-2)33(36)35-30-19-13-16-27(24-30)15-8-3/h6-7,9-11,13-14,16-19,21-25,34H,5,8,12,15,20H2,1-4H3,(H,35,36)/b10-6-,11-7+,23-22+,28-17+,31-9+.